The second-order valence-electron chi connectivity index (χ2n) is 5.37. The minimum Gasteiger partial charge on any atom is -0.481 e. The molecule has 2 aromatic heterocycles. The minimum atomic E-state index is -0.813. The summed E-state index contributed by atoms with van der Waals surface area (Å²) in [5.74, 6) is -0.0839. The molecule has 6 nitrogen and oxygen atoms in total. The van der Waals surface area contributed by atoms with Crippen LogP contribution in [0.1, 0.15) is 25.0 Å². The highest BCUT2D eigenvalue weighted by Crippen LogP contribution is 2.32. The van der Waals surface area contributed by atoms with E-state index >= 15 is 0 Å². The highest BCUT2D eigenvalue weighted by atomic mass is 32.2. The van der Waals surface area contributed by atoms with Gasteiger partial charge in [0, 0.05) is 13.6 Å². The Morgan fingerprint density at radius 3 is 2.85 bits per heavy atom. The molecule has 3 rings (SSSR count). The highest BCUT2D eigenvalue weighted by Gasteiger charge is 2.24. The van der Waals surface area contributed by atoms with Gasteiger partial charge >= 0.3 is 5.97 Å². The van der Waals surface area contributed by atoms with Crippen LogP contribution in [0.2, 0.25) is 0 Å². The van der Waals surface area contributed by atoms with Crippen molar-refractivity contribution in [2.45, 2.75) is 37.9 Å². The first-order chi connectivity index (χ1) is 9.56. The van der Waals surface area contributed by atoms with Crippen molar-refractivity contribution in [2.24, 2.45) is 13.0 Å². The number of carboxylic acids is 1. The van der Waals surface area contributed by atoms with Crippen LogP contribution >= 0.6 is 11.8 Å². The van der Waals surface area contributed by atoms with Gasteiger partial charge in [-0.3, -0.25) is 9.48 Å². The summed E-state index contributed by atoms with van der Waals surface area (Å²) in [7, 11) is 1.92. The number of aromatic nitrogens is 4. The Morgan fingerprint density at radius 2 is 2.25 bits per heavy atom. The number of aryl methyl sites for hydroxylation is 2. The van der Waals surface area contributed by atoms with Crippen LogP contribution in [0.5, 0.6) is 0 Å². The molecule has 0 aromatic carbocycles. The Morgan fingerprint density at radius 1 is 1.50 bits per heavy atom. The molecular weight excluding hydrogens is 276 g/mol. The molecule has 0 spiro atoms. The van der Waals surface area contributed by atoms with Crippen molar-refractivity contribution in [3.63, 3.8) is 0 Å². The molecule has 0 aliphatic heterocycles. The third-order valence-corrected chi connectivity index (χ3v) is 4.81. The van der Waals surface area contributed by atoms with E-state index in [1.54, 1.807) is 0 Å². The molecule has 108 valence electrons. The molecule has 0 bridgehead atoms. The SMILES string of the molecule is Cc1nn(C)c2c1nc(SCC(=O)O)n2CC1CCC1. The minimum absolute atomic E-state index is 0.0421. The van der Waals surface area contributed by atoms with Gasteiger partial charge in [0.05, 0.1) is 11.4 Å². The Kier molecular flexibility index (Phi) is 3.45. The number of hydrogen-bond donors (Lipinski definition) is 1. The lowest BCUT2D eigenvalue weighted by Crippen LogP contribution is -2.19. The van der Waals surface area contributed by atoms with E-state index in [9.17, 15) is 4.79 Å². The normalized spacial score (nSPS) is 15.7. The van der Waals surface area contributed by atoms with Crippen LogP contribution in [0.3, 0.4) is 0 Å². The van der Waals surface area contributed by atoms with Crippen molar-refractivity contribution in [2.75, 3.05) is 5.75 Å². The predicted octanol–water partition coefficient (Wildman–Crippen LogP) is 2.06. The van der Waals surface area contributed by atoms with Gasteiger partial charge in [-0.2, -0.15) is 5.10 Å². The second kappa shape index (κ2) is 5.12. The fraction of sp³-hybridized carbons (Fsp3) is 0.615. The van der Waals surface area contributed by atoms with Gasteiger partial charge in [-0.1, -0.05) is 18.2 Å². The second-order valence-corrected chi connectivity index (χ2v) is 6.31. The fourth-order valence-electron chi connectivity index (χ4n) is 2.65. The maximum atomic E-state index is 10.8. The average molecular weight is 294 g/mol. The lowest BCUT2D eigenvalue weighted by atomic mass is 9.85. The molecule has 1 aliphatic carbocycles. The van der Waals surface area contributed by atoms with Gasteiger partial charge in [-0.25, -0.2) is 4.98 Å². The van der Waals surface area contributed by atoms with E-state index in [1.807, 2.05) is 18.7 Å². The van der Waals surface area contributed by atoms with Crippen molar-refractivity contribution >= 4 is 28.9 Å². The van der Waals surface area contributed by atoms with Gasteiger partial charge in [0.15, 0.2) is 10.8 Å². The average Bonchev–Trinajstić information content (AvgIpc) is 2.81. The molecular formula is C13H18N4O2S. The van der Waals surface area contributed by atoms with Crippen molar-refractivity contribution in [1.29, 1.82) is 0 Å². The van der Waals surface area contributed by atoms with E-state index in [1.165, 1.54) is 31.0 Å². The number of fused-ring (bicyclic) bond motifs is 1. The lowest BCUT2D eigenvalue weighted by molar-refractivity contribution is -0.133. The summed E-state index contributed by atoms with van der Waals surface area (Å²) in [6.45, 7) is 2.85. The Balaban J connectivity index is 1.99. The number of carbonyl (C=O) groups is 1. The van der Waals surface area contributed by atoms with Crippen molar-refractivity contribution in [1.82, 2.24) is 19.3 Å². The first-order valence-corrected chi connectivity index (χ1v) is 7.79. The van der Waals surface area contributed by atoms with Crippen LogP contribution < -0.4 is 0 Å². The molecule has 0 atom stereocenters. The molecule has 1 N–H and O–H groups in total. The third-order valence-electron chi connectivity index (χ3n) is 3.85. The number of aliphatic carboxylic acids is 1. The molecule has 20 heavy (non-hydrogen) atoms. The number of carboxylic acid groups (broad SMARTS) is 1. The Hall–Kier alpha value is -1.50. The van der Waals surface area contributed by atoms with Gasteiger partial charge in [-0.15, -0.1) is 0 Å². The van der Waals surface area contributed by atoms with E-state index in [-0.39, 0.29) is 5.75 Å². The summed E-state index contributed by atoms with van der Waals surface area (Å²) in [5.41, 5.74) is 2.79. The van der Waals surface area contributed by atoms with Gasteiger partial charge in [0.25, 0.3) is 0 Å². The molecule has 0 unspecified atom stereocenters. The summed E-state index contributed by atoms with van der Waals surface area (Å²) in [4.78, 5) is 15.4. The quantitative estimate of drug-likeness (QED) is 0.854. The smallest absolute Gasteiger partial charge is 0.313 e. The van der Waals surface area contributed by atoms with Gasteiger partial charge in [-0.05, 0) is 25.7 Å². The van der Waals surface area contributed by atoms with Crippen LogP contribution in [0, 0.1) is 12.8 Å². The predicted molar refractivity (Wildman–Crippen MR) is 76.9 cm³/mol. The van der Waals surface area contributed by atoms with Crippen molar-refractivity contribution in [3.05, 3.63) is 5.69 Å². The highest BCUT2D eigenvalue weighted by molar-refractivity contribution is 7.99. The molecule has 7 heteroatoms. The summed E-state index contributed by atoms with van der Waals surface area (Å²) in [6.07, 6.45) is 3.80. The number of thioether (sulfide) groups is 1. The first-order valence-electron chi connectivity index (χ1n) is 6.80. The van der Waals surface area contributed by atoms with Gasteiger partial charge in [0.1, 0.15) is 5.52 Å². The Labute approximate surface area is 121 Å². The number of rotatable bonds is 5. The molecule has 0 radical (unpaired) electrons. The zero-order valence-electron chi connectivity index (χ0n) is 11.7. The van der Waals surface area contributed by atoms with Gasteiger partial charge in [0.2, 0.25) is 0 Å². The molecule has 0 saturated heterocycles. The zero-order valence-corrected chi connectivity index (χ0v) is 12.5. The standard InChI is InChI=1S/C13H18N4O2S/c1-8-11-12(16(2)15-8)17(6-9-4-3-5-9)13(14-11)20-7-10(18)19/h9H,3-7H2,1-2H3,(H,18,19). The maximum absolute atomic E-state index is 10.8. The topological polar surface area (TPSA) is 72.9 Å². The molecule has 2 heterocycles. The first kappa shape index (κ1) is 13.5. The summed E-state index contributed by atoms with van der Waals surface area (Å²) >= 11 is 1.29. The Bertz CT molecular complexity index is 657. The van der Waals surface area contributed by atoms with Gasteiger partial charge < -0.3 is 9.67 Å². The number of nitrogens with zero attached hydrogens (tertiary/aromatic N) is 4. The monoisotopic (exact) mass is 294 g/mol. The summed E-state index contributed by atoms with van der Waals surface area (Å²) in [5, 5.41) is 14.1. The number of imidazole rings is 1. The molecule has 0 amide bonds. The molecule has 1 fully saturated rings. The van der Waals surface area contributed by atoms with E-state index in [2.05, 4.69) is 14.6 Å². The number of hydrogen-bond acceptors (Lipinski definition) is 4. The summed E-state index contributed by atoms with van der Waals surface area (Å²) < 4.78 is 3.99. The molecule has 2 aromatic rings. The largest absolute Gasteiger partial charge is 0.481 e. The van der Waals surface area contributed by atoms with E-state index in [0.717, 1.165) is 28.6 Å². The third kappa shape index (κ3) is 2.30. The van der Waals surface area contributed by atoms with Crippen LogP contribution in [0.25, 0.3) is 11.2 Å². The lowest BCUT2D eigenvalue weighted by Gasteiger charge is -2.26. The van der Waals surface area contributed by atoms with Crippen LogP contribution in [-0.2, 0) is 18.4 Å². The van der Waals surface area contributed by atoms with E-state index in [0.29, 0.717) is 5.92 Å². The van der Waals surface area contributed by atoms with Crippen LogP contribution in [0.15, 0.2) is 5.16 Å². The van der Waals surface area contributed by atoms with E-state index < -0.39 is 5.97 Å². The van der Waals surface area contributed by atoms with E-state index in [4.69, 9.17) is 5.11 Å². The van der Waals surface area contributed by atoms with Crippen LogP contribution in [-0.4, -0.2) is 36.2 Å². The summed E-state index contributed by atoms with van der Waals surface area (Å²) in [6, 6.07) is 0. The van der Waals surface area contributed by atoms with Crippen molar-refractivity contribution in [3.8, 4) is 0 Å². The van der Waals surface area contributed by atoms with Crippen molar-refractivity contribution < 1.29 is 9.90 Å². The van der Waals surface area contributed by atoms with Crippen LogP contribution in [0.4, 0.5) is 0 Å². The maximum Gasteiger partial charge on any atom is 0.313 e. The molecule has 1 saturated carbocycles. The fourth-order valence-corrected chi connectivity index (χ4v) is 3.37. The zero-order chi connectivity index (χ0) is 14.3. The molecule has 1 aliphatic rings.